The Kier molecular flexibility index (Phi) is 3.97. The first-order valence-electron chi connectivity index (χ1n) is 7.24. The highest BCUT2D eigenvalue weighted by Gasteiger charge is 2.10. The van der Waals surface area contributed by atoms with Crippen LogP contribution in [0.1, 0.15) is 29.7 Å². The van der Waals surface area contributed by atoms with Crippen LogP contribution in [0.5, 0.6) is 11.5 Å². The molecule has 1 aliphatic carbocycles. The van der Waals surface area contributed by atoms with Gasteiger partial charge in [0.05, 0.1) is 5.69 Å². The number of hydrogen-bond acceptors (Lipinski definition) is 3. The fourth-order valence-electron chi connectivity index (χ4n) is 2.71. The summed E-state index contributed by atoms with van der Waals surface area (Å²) >= 11 is 0. The van der Waals surface area contributed by atoms with E-state index in [0.29, 0.717) is 0 Å². The highest BCUT2D eigenvalue weighted by Crippen LogP contribution is 2.28. The highest BCUT2D eigenvalue weighted by atomic mass is 16.5. The van der Waals surface area contributed by atoms with E-state index in [9.17, 15) is 0 Å². The molecular formula is C17H20N2O. The van der Waals surface area contributed by atoms with E-state index in [1.54, 1.807) is 6.20 Å². The van der Waals surface area contributed by atoms with E-state index in [4.69, 9.17) is 4.74 Å². The Morgan fingerprint density at radius 1 is 1.05 bits per heavy atom. The lowest BCUT2D eigenvalue weighted by Gasteiger charge is -2.16. The number of aryl methyl sites for hydroxylation is 2. The number of aromatic nitrogens is 1. The number of nitrogens with one attached hydrogen (secondary N) is 1. The minimum atomic E-state index is 0.751. The third kappa shape index (κ3) is 2.99. The number of ether oxygens (including phenoxy) is 1. The molecular weight excluding hydrogens is 248 g/mol. The zero-order valence-electron chi connectivity index (χ0n) is 11.9. The first kappa shape index (κ1) is 13.1. The highest BCUT2D eigenvalue weighted by molar-refractivity contribution is 5.39. The second kappa shape index (κ2) is 6.06. The molecule has 0 bridgehead atoms. The van der Waals surface area contributed by atoms with Gasteiger partial charge in [0, 0.05) is 18.8 Å². The number of rotatable bonds is 4. The van der Waals surface area contributed by atoms with Crippen molar-refractivity contribution >= 4 is 0 Å². The lowest BCUT2D eigenvalue weighted by Crippen LogP contribution is -2.06. The topological polar surface area (TPSA) is 34.1 Å². The fraction of sp³-hybridized carbons (Fsp3) is 0.353. The maximum atomic E-state index is 5.96. The van der Waals surface area contributed by atoms with E-state index in [2.05, 4.69) is 28.5 Å². The van der Waals surface area contributed by atoms with Crippen molar-refractivity contribution in [2.45, 2.75) is 32.2 Å². The van der Waals surface area contributed by atoms with Gasteiger partial charge in [-0.05, 0) is 62.1 Å². The molecule has 20 heavy (non-hydrogen) atoms. The van der Waals surface area contributed by atoms with Gasteiger partial charge in [-0.1, -0.05) is 6.07 Å². The molecule has 0 radical (unpaired) electrons. The van der Waals surface area contributed by atoms with Gasteiger partial charge in [0.1, 0.15) is 11.5 Å². The van der Waals surface area contributed by atoms with E-state index in [-0.39, 0.29) is 0 Å². The van der Waals surface area contributed by atoms with E-state index < -0.39 is 0 Å². The summed E-state index contributed by atoms with van der Waals surface area (Å²) in [5, 5.41) is 3.10. The second-order valence-electron chi connectivity index (χ2n) is 5.25. The second-order valence-corrected chi connectivity index (χ2v) is 5.25. The van der Waals surface area contributed by atoms with Crippen LogP contribution in [0.25, 0.3) is 0 Å². The molecule has 1 N–H and O–H groups in total. The number of fused-ring (bicyclic) bond motifs is 1. The molecule has 0 spiro atoms. The van der Waals surface area contributed by atoms with Crippen LogP contribution in [0.15, 0.2) is 36.5 Å². The average Bonchev–Trinajstić information content (AvgIpc) is 2.48. The quantitative estimate of drug-likeness (QED) is 0.922. The summed E-state index contributed by atoms with van der Waals surface area (Å²) in [6, 6.07) is 10.4. The molecule has 0 fully saturated rings. The van der Waals surface area contributed by atoms with Gasteiger partial charge in [0.25, 0.3) is 0 Å². The maximum Gasteiger partial charge on any atom is 0.130 e. The van der Waals surface area contributed by atoms with E-state index >= 15 is 0 Å². The molecule has 0 saturated heterocycles. The van der Waals surface area contributed by atoms with Crippen LogP contribution in [0.4, 0.5) is 0 Å². The molecule has 1 aliphatic rings. The molecule has 3 heteroatoms. The summed E-state index contributed by atoms with van der Waals surface area (Å²) in [6.45, 7) is 0.751. The van der Waals surface area contributed by atoms with Crippen LogP contribution >= 0.6 is 0 Å². The summed E-state index contributed by atoms with van der Waals surface area (Å²) in [7, 11) is 1.92. The molecule has 2 aromatic rings. The zero-order chi connectivity index (χ0) is 13.8. The molecule has 104 valence electrons. The van der Waals surface area contributed by atoms with Gasteiger partial charge in [0.2, 0.25) is 0 Å². The Morgan fingerprint density at radius 3 is 2.70 bits per heavy atom. The summed E-state index contributed by atoms with van der Waals surface area (Å²) in [4.78, 5) is 4.30. The van der Waals surface area contributed by atoms with Crippen LogP contribution in [0.2, 0.25) is 0 Å². The number of hydrogen-bond donors (Lipinski definition) is 1. The van der Waals surface area contributed by atoms with E-state index in [0.717, 1.165) is 23.7 Å². The Hall–Kier alpha value is -1.87. The molecule has 0 unspecified atom stereocenters. The Bertz CT molecular complexity index is 595. The lowest BCUT2D eigenvalue weighted by molar-refractivity contribution is 0.478. The predicted octanol–water partition coefficient (Wildman–Crippen LogP) is 3.47. The summed E-state index contributed by atoms with van der Waals surface area (Å²) in [6.07, 6.45) is 6.77. The van der Waals surface area contributed by atoms with Crippen LogP contribution in [0.3, 0.4) is 0 Å². The largest absolute Gasteiger partial charge is 0.457 e. The summed E-state index contributed by atoms with van der Waals surface area (Å²) in [5.41, 5.74) is 3.91. The predicted molar refractivity (Wildman–Crippen MR) is 80.2 cm³/mol. The Labute approximate surface area is 120 Å². The van der Waals surface area contributed by atoms with Gasteiger partial charge in [-0.25, -0.2) is 0 Å². The minimum Gasteiger partial charge on any atom is -0.457 e. The first-order valence-corrected chi connectivity index (χ1v) is 7.24. The standard InChI is InChI=1S/C17H20N2O/c1-18-12-15-11-17(8-9-19-15)20-16-7-6-13-4-2-3-5-14(13)10-16/h6-11,18H,2-5,12H2,1H3. The van der Waals surface area contributed by atoms with Gasteiger partial charge in [-0.2, -0.15) is 0 Å². The van der Waals surface area contributed by atoms with Crippen molar-refractivity contribution in [1.29, 1.82) is 0 Å². The number of pyridine rings is 1. The van der Waals surface area contributed by atoms with Crippen molar-refractivity contribution in [3.63, 3.8) is 0 Å². The molecule has 1 aromatic heterocycles. The van der Waals surface area contributed by atoms with Gasteiger partial charge in [-0.3, -0.25) is 4.98 Å². The van der Waals surface area contributed by atoms with Gasteiger partial charge >= 0.3 is 0 Å². The van der Waals surface area contributed by atoms with Crippen molar-refractivity contribution in [1.82, 2.24) is 10.3 Å². The molecule has 1 aromatic carbocycles. The first-order chi connectivity index (χ1) is 9.85. The number of benzene rings is 1. The molecule has 3 nitrogen and oxygen atoms in total. The summed E-state index contributed by atoms with van der Waals surface area (Å²) < 4.78 is 5.96. The van der Waals surface area contributed by atoms with Gasteiger partial charge in [-0.15, -0.1) is 0 Å². The van der Waals surface area contributed by atoms with Crippen molar-refractivity contribution in [3.05, 3.63) is 53.3 Å². The van der Waals surface area contributed by atoms with Crippen molar-refractivity contribution in [3.8, 4) is 11.5 Å². The van der Waals surface area contributed by atoms with Crippen molar-refractivity contribution in [2.75, 3.05) is 7.05 Å². The van der Waals surface area contributed by atoms with Crippen LogP contribution < -0.4 is 10.1 Å². The maximum absolute atomic E-state index is 5.96. The van der Waals surface area contributed by atoms with Gasteiger partial charge < -0.3 is 10.1 Å². The SMILES string of the molecule is CNCc1cc(Oc2ccc3c(c2)CCCC3)ccn1. The van der Waals surface area contributed by atoms with Crippen molar-refractivity contribution < 1.29 is 4.74 Å². The molecule has 3 rings (SSSR count). The summed E-state index contributed by atoms with van der Waals surface area (Å²) in [5.74, 6) is 1.77. The Balaban J connectivity index is 1.78. The van der Waals surface area contributed by atoms with Crippen LogP contribution in [-0.4, -0.2) is 12.0 Å². The van der Waals surface area contributed by atoms with E-state index in [1.165, 1.54) is 36.8 Å². The third-order valence-corrected chi connectivity index (χ3v) is 3.70. The third-order valence-electron chi connectivity index (χ3n) is 3.70. The van der Waals surface area contributed by atoms with Crippen LogP contribution in [0, 0.1) is 0 Å². The molecule has 0 aliphatic heterocycles. The number of nitrogens with zero attached hydrogens (tertiary/aromatic N) is 1. The molecule has 0 saturated carbocycles. The molecule has 0 amide bonds. The minimum absolute atomic E-state index is 0.751. The lowest BCUT2D eigenvalue weighted by atomic mass is 9.92. The molecule has 1 heterocycles. The fourth-order valence-corrected chi connectivity index (χ4v) is 2.71. The monoisotopic (exact) mass is 268 g/mol. The average molecular weight is 268 g/mol. The Morgan fingerprint density at radius 2 is 1.85 bits per heavy atom. The normalized spacial score (nSPS) is 13.8. The van der Waals surface area contributed by atoms with Gasteiger partial charge in [0.15, 0.2) is 0 Å². The zero-order valence-corrected chi connectivity index (χ0v) is 11.9. The smallest absolute Gasteiger partial charge is 0.130 e. The van der Waals surface area contributed by atoms with E-state index in [1.807, 2.05) is 19.2 Å². The molecule has 0 atom stereocenters. The van der Waals surface area contributed by atoms with Crippen LogP contribution in [-0.2, 0) is 19.4 Å². The van der Waals surface area contributed by atoms with Crippen molar-refractivity contribution in [2.24, 2.45) is 0 Å².